The Balaban J connectivity index is 0.000000793. The minimum absolute atomic E-state index is 0.0160. The van der Waals surface area contributed by atoms with E-state index >= 15 is 0 Å². The van der Waals surface area contributed by atoms with Gasteiger partial charge in [0, 0.05) is 32.1 Å². The second-order valence-electron chi connectivity index (χ2n) is 16.1. The lowest BCUT2D eigenvalue weighted by Crippen LogP contribution is -2.44. The fourth-order valence-electron chi connectivity index (χ4n) is 6.89. The molecule has 2 aromatic carbocycles. The lowest BCUT2D eigenvalue weighted by molar-refractivity contribution is -0.193. The predicted molar refractivity (Wildman–Crippen MR) is 238 cm³/mol. The summed E-state index contributed by atoms with van der Waals surface area (Å²) in [6.07, 6.45) is -10.3. The van der Waals surface area contributed by atoms with Gasteiger partial charge in [-0.05, 0) is 94.8 Å². The van der Waals surface area contributed by atoms with Crippen molar-refractivity contribution in [2.75, 3.05) is 56.0 Å². The SMILES string of the molecule is NC(N)=NCCCCC(=O)NC1CCN(CCCCC2CCN(CC(=O)N3c4ccccc4NC(=O)c4ccccc43)CC2)CC1.O=C(O)C(F)(F)F.O=C(O)C(F)(F)F.O=C(O)C(F)(F)F.O=C(O)C(F)(F)F. The molecule has 10 N–H and O–H groups in total. The van der Waals surface area contributed by atoms with Crippen LogP contribution in [0.4, 0.5) is 69.7 Å². The van der Waals surface area contributed by atoms with Gasteiger partial charge in [-0.2, -0.15) is 52.7 Å². The molecule has 0 aromatic heterocycles. The third-order valence-corrected chi connectivity index (χ3v) is 10.5. The number of rotatable bonds is 13. The Kier molecular flexibility index (Phi) is 26.7. The zero-order valence-electron chi connectivity index (χ0n) is 38.9. The molecule has 0 aliphatic carbocycles. The first kappa shape index (κ1) is 65.1. The van der Waals surface area contributed by atoms with Crippen LogP contribution in [0.5, 0.6) is 0 Å². The van der Waals surface area contributed by atoms with Gasteiger partial charge in [-0.1, -0.05) is 37.1 Å². The zero-order chi connectivity index (χ0) is 56.6. The lowest BCUT2D eigenvalue weighted by Gasteiger charge is -2.34. The number of likely N-dealkylation sites (tertiary alicyclic amines) is 2. The van der Waals surface area contributed by atoms with Gasteiger partial charge in [0.2, 0.25) is 11.8 Å². The summed E-state index contributed by atoms with van der Waals surface area (Å²) < 4.78 is 127. The lowest BCUT2D eigenvalue weighted by atomic mass is 9.91. The van der Waals surface area contributed by atoms with Crippen molar-refractivity contribution in [1.29, 1.82) is 0 Å². The van der Waals surface area contributed by atoms with Gasteiger partial charge in [0.25, 0.3) is 5.91 Å². The molecule has 2 aromatic rings. The molecule has 19 nitrogen and oxygen atoms in total. The number of para-hydroxylation sites is 3. The minimum Gasteiger partial charge on any atom is -0.475 e. The topological polar surface area (TPSA) is 299 Å². The molecule has 5 rings (SSSR count). The van der Waals surface area contributed by atoms with E-state index in [-0.39, 0.29) is 29.7 Å². The number of amides is 3. The molecular weight excluding hydrogens is 1030 g/mol. The summed E-state index contributed by atoms with van der Waals surface area (Å²) in [5.74, 6) is -10.3. The third kappa shape index (κ3) is 25.6. The van der Waals surface area contributed by atoms with Gasteiger partial charge in [-0.25, -0.2) is 19.2 Å². The number of nitrogens with two attached hydrogens (primary N) is 2. The molecule has 3 amide bonds. The summed E-state index contributed by atoms with van der Waals surface area (Å²) in [7, 11) is 0. The van der Waals surface area contributed by atoms with E-state index in [1.165, 1.54) is 19.3 Å². The maximum atomic E-state index is 13.8. The number of carboxylic acid groups (broad SMARTS) is 4. The first-order valence-electron chi connectivity index (χ1n) is 22.0. The number of benzene rings is 2. The molecule has 0 radical (unpaired) electrons. The van der Waals surface area contributed by atoms with Crippen LogP contribution in [-0.4, -0.2) is 154 Å². The fourth-order valence-corrected chi connectivity index (χ4v) is 6.89. The number of nitrogens with one attached hydrogen (secondary N) is 2. The van der Waals surface area contributed by atoms with Crippen LogP contribution in [0, 0.1) is 5.92 Å². The second-order valence-corrected chi connectivity index (χ2v) is 16.1. The van der Waals surface area contributed by atoms with Crippen LogP contribution in [-0.2, 0) is 28.8 Å². The number of unbranched alkanes of at least 4 members (excludes halogenated alkanes) is 2. The van der Waals surface area contributed by atoms with Crippen molar-refractivity contribution in [3.63, 3.8) is 0 Å². The first-order valence-corrected chi connectivity index (χ1v) is 22.0. The van der Waals surface area contributed by atoms with E-state index in [1.807, 2.05) is 42.5 Å². The average molecular weight is 1090 g/mol. The van der Waals surface area contributed by atoms with Crippen molar-refractivity contribution < 1.29 is 107 Å². The number of anilines is 3. The Labute approximate surface area is 413 Å². The number of carbonyl (C=O) groups is 7. The molecule has 416 valence electrons. The number of hydrogen-bond acceptors (Lipinski definition) is 10. The van der Waals surface area contributed by atoms with Crippen LogP contribution < -0.4 is 27.0 Å². The Morgan fingerprint density at radius 3 is 1.54 bits per heavy atom. The molecule has 31 heteroatoms. The van der Waals surface area contributed by atoms with Crippen LogP contribution in [0.2, 0.25) is 0 Å². The van der Waals surface area contributed by atoms with Crippen molar-refractivity contribution in [3.8, 4) is 0 Å². The number of fused-ring (bicyclic) bond motifs is 2. The molecule has 2 saturated heterocycles. The third-order valence-electron chi connectivity index (χ3n) is 10.5. The van der Waals surface area contributed by atoms with E-state index in [1.54, 1.807) is 11.0 Å². The fraction of sp³-hybridized carbons (Fsp3) is 0.535. The molecule has 0 atom stereocenters. The maximum Gasteiger partial charge on any atom is 0.490 e. The summed E-state index contributed by atoms with van der Waals surface area (Å²) in [5, 5.41) is 34.7. The number of guanidine groups is 1. The highest BCUT2D eigenvalue weighted by Crippen LogP contribution is 2.38. The number of halogens is 12. The molecule has 2 fully saturated rings. The van der Waals surface area contributed by atoms with Crippen LogP contribution in [0.1, 0.15) is 74.6 Å². The number of nitrogens with zero attached hydrogens (tertiary/aromatic N) is 4. The Morgan fingerprint density at radius 2 is 1.07 bits per heavy atom. The summed E-state index contributed by atoms with van der Waals surface area (Å²) in [4.78, 5) is 85.0. The van der Waals surface area contributed by atoms with Gasteiger partial charge in [-0.3, -0.25) is 29.2 Å². The highest BCUT2D eigenvalue weighted by atomic mass is 19.4. The normalized spacial score (nSPS) is 15.4. The van der Waals surface area contributed by atoms with Crippen LogP contribution in [0.25, 0.3) is 0 Å². The predicted octanol–water partition coefficient (Wildman–Crippen LogP) is 6.36. The number of carboxylic acids is 4. The van der Waals surface area contributed by atoms with Crippen LogP contribution in [0.3, 0.4) is 0 Å². The zero-order valence-corrected chi connectivity index (χ0v) is 38.9. The number of aliphatic carboxylic acids is 4. The van der Waals surface area contributed by atoms with Gasteiger partial charge < -0.3 is 47.4 Å². The van der Waals surface area contributed by atoms with Crippen molar-refractivity contribution in [2.45, 2.75) is 95.0 Å². The molecule has 3 aliphatic heterocycles. The van der Waals surface area contributed by atoms with E-state index in [0.29, 0.717) is 48.1 Å². The first-order chi connectivity index (χ1) is 34.1. The highest BCUT2D eigenvalue weighted by Gasteiger charge is 2.40. The molecule has 74 heavy (non-hydrogen) atoms. The van der Waals surface area contributed by atoms with E-state index in [2.05, 4.69) is 25.4 Å². The summed E-state index contributed by atoms with van der Waals surface area (Å²) in [5.41, 5.74) is 13.2. The highest BCUT2D eigenvalue weighted by molar-refractivity contribution is 6.18. The van der Waals surface area contributed by atoms with Gasteiger partial charge in [0.05, 0.1) is 29.2 Å². The van der Waals surface area contributed by atoms with Crippen molar-refractivity contribution in [2.24, 2.45) is 22.4 Å². The van der Waals surface area contributed by atoms with E-state index in [0.717, 1.165) is 71.2 Å². The summed E-state index contributed by atoms with van der Waals surface area (Å²) in [6, 6.07) is 15.1. The number of aliphatic imine (C=N–C) groups is 1. The van der Waals surface area contributed by atoms with Crippen LogP contribution >= 0.6 is 0 Å². The van der Waals surface area contributed by atoms with E-state index in [9.17, 15) is 67.1 Å². The Morgan fingerprint density at radius 1 is 0.622 bits per heavy atom. The number of carbonyl (C=O) groups excluding carboxylic acids is 3. The van der Waals surface area contributed by atoms with Crippen molar-refractivity contribution in [1.82, 2.24) is 15.1 Å². The number of hydrogen-bond donors (Lipinski definition) is 8. The molecular formula is C43H54F12N8O11. The molecule has 0 spiro atoms. The largest absolute Gasteiger partial charge is 0.490 e. The van der Waals surface area contributed by atoms with Gasteiger partial charge in [0.1, 0.15) is 0 Å². The van der Waals surface area contributed by atoms with Crippen molar-refractivity contribution in [3.05, 3.63) is 54.1 Å². The number of piperidine rings is 2. The molecule has 0 bridgehead atoms. The molecule has 0 unspecified atom stereocenters. The van der Waals surface area contributed by atoms with E-state index < -0.39 is 48.6 Å². The second kappa shape index (κ2) is 30.3. The van der Waals surface area contributed by atoms with Gasteiger partial charge >= 0.3 is 48.6 Å². The monoisotopic (exact) mass is 1090 g/mol. The number of alkyl halides is 12. The quantitative estimate of drug-likeness (QED) is 0.0469. The average Bonchev–Trinajstić information content (AvgIpc) is 3.41. The van der Waals surface area contributed by atoms with Gasteiger partial charge in [0.15, 0.2) is 5.96 Å². The summed E-state index contributed by atoms with van der Waals surface area (Å²) in [6.45, 7) is 5.94. The van der Waals surface area contributed by atoms with E-state index in [4.69, 9.17) is 51.1 Å². The standard InChI is InChI=1S/C35H50N8O3.4C2HF3O2/c36-35(37)38-19-7-5-14-32(44)39-27-17-23-41(24-18-27)20-8-6-9-26-15-21-42(22-16-26)25-33(45)43-30-12-3-1-10-28(30)34(46)40-29-11-2-4-13-31(29)43;4*3-2(4,5)1(6)7/h1-4,10-13,26-27H,5-9,14-25H2,(H,39,44)(H,40,46)(H4,36,37,38);4*(H,6,7). The Hall–Kier alpha value is -6.92. The minimum atomic E-state index is -5.08. The maximum absolute atomic E-state index is 13.8. The summed E-state index contributed by atoms with van der Waals surface area (Å²) >= 11 is 0. The Bertz CT molecular complexity index is 2100. The molecule has 3 aliphatic rings. The van der Waals surface area contributed by atoms with Crippen molar-refractivity contribution >= 4 is 64.6 Å². The molecule has 0 saturated carbocycles. The van der Waals surface area contributed by atoms with Gasteiger partial charge in [-0.15, -0.1) is 0 Å². The molecule has 3 heterocycles. The van der Waals surface area contributed by atoms with Crippen LogP contribution in [0.15, 0.2) is 53.5 Å². The smallest absolute Gasteiger partial charge is 0.475 e.